The summed E-state index contributed by atoms with van der Waals surface area (Å²) in [5.74, 6) is -3.87. The highest BCUT2D eigenvalue weighted by atomic mass is 16.3. The van der Waals surface area contributed by atoms with Crippen LogP contribution in [0.3, 0.4) is 0 Å². The van der Waals surface area contributed by atoms with Gasteiger partial charge in [-0.1, -0.05) is 0 Å². The molecule has 0 fully saturated rings. The molecule has 0 radical (unpaired) electrons. The highest BCUT2D eigenvalue weighted by molar-refractivity contribution is 5.97. The molecular formula is C9H12O6. The zero-order valence-corrected chi connectivity index (χ0v) is 7.96. The fourth-order valence-corrected chi connectivity index (χ4v) is 1.11. The van der Waals surface area contributed by atoms with Crippen LogP contribution in [0.15, 0.2) is 0 Å². The Labute approximate surface area is 85.9 Å². The fraction of sp³-hybridized carbons (Fsp3) is 0.556. The van der Waals surface area contributed by atoms with Crippen molar-refractivity contribution in [1.29, 1.82) is 0 Å². The quantitative estimate of drug-likeness (QED) is 0.363. The first-order chi connectivity index (χ1) is 7.10. The van der Waals surface area contributed by atoms with E-state index < -0.39 is 36.6 Å². The monoisotopic (exact) mass is 216 g/mol. The molecule has 0 aromatic carbocycles. The van der Waals surface area contributed by atoms with Gasteiger partial charge in [0.05, 0.1) is 5.92 Å². The molecule has 0 amide bonds. The van der Waals surface area contributed by atoms with E-state index in [4.69, 9.17) is 10.2 Å². The zero-order chi connectivity index (χ0) is 11.8. The number of hydrogen-bond donors (Lipinski definition) is 2. The van der Waals surface area contributed by atoms with E-state index in [1.165, 1.54) is 0 Å². The van der Waals surface area contributed by atoms with E-state index in [0.717, 1.165) is 0 Å². The van der Waals surface area contributed by atoms with Crippen LogP contribution in [0, 0.1) is 11.8 Å². The third-order valence-corrected chi connectivity index (χ3v) is 1.95. The van der Waals surface area contributed by atoms with Crippen LogP contribution in [0.5, 0.6) is 0 Å². The third-order valence-electron chi connectivity index (χ3n) is 1.95. The lowest BCUT2D eigenvalue weighted by atomic mass is 9.87. The molecule has 0 heterocycles. The van der Waals surface area contributed by atoms with Gasteiger partial charge in [-0.25, -0.2) is 0 Å². The van der Waals surface area contributed by atoms with Crippen molar-refractivity contribution in [3.63, 3.8) is 0 Å². The van der Waals surface area contributed by atoms with Gasteiger partial charge in [-0.15, -0.1) is 0 Å². The number of aliphatic hydroxyl groups excluding tert-OH is 2. The number of carbonyl (C=O) groups excluding carboxylic acids is 4. The predicted octanol–water partition coefficient (Wildman–Crippen LogP) is -1.87. The average Bonchev–Trinajstić information content (AvgIpc) is 2.27. The molecule has 0 aromatic heterocycles. The van der Waals surface area contributed by atoms with Gasteiger partial charge in [0.2, 0.25) is 0 Å². The lowest BCUT2D eigenvalue weighted by Crippen LogP contribution is -2.30. The summed E-state index contributed by atoms with van der Waals surface area (Å²) in [6.45, 7) is -1.61. The van der Waals surface area contributed by atoms with Gasteiger partial charge in [-0.05, 0) is 0 Å². The first-order valence-electron chi connectivity index (χ1n) is 4.27. The minimum atomic E-state index is -1.32. The van der Waals surface area contributed by atoms with Crippen molar-refractivity contribution in [3.05, 3.63) is 0 Å². The Bertz CT molecular complexity index is 259. The summed E-state index contributed by atoms with van der Waals surface area (Å²) < 4.78 is 0. The van der Waals surface area contributed by atoms with Crippen molar-refractivity contribution >= 4 is 24.1 Å². The predicted molar refractivity (Wildman–Crippen MR) is 47.9 cm³/mol. The van der Waals surface area contributed by atoms with Gasteiger partial charge in [-0.2, -0.15) is 0 Å². The Kier molecular flexibility index (Phi) is 6.32. The van der Waals surface area contributed by atoms with Crippen molar-refractivity contribution < 1.29 is 29.4 Å². The second-order valence-corrected chi connectivity index (χ2v) is 2.99. The maximum absolute atomic E-state index is 11.0. The molecule has 0 aromatic rings. The number of aliphatic hydroxyl groups is 2. The Balaban J connectivity index is 4.61. The molecule has 2 N–H and O–H groups in total. The Morgan fingerprint density at radius 3 is 2.00 bits per heavy atom. The Morgan fingerprint density at radius 2 is 1.67 bits per heavy atom. The lowest BCUT2D eigenvalue weighted by Gasteiger charge is -2.13. The molecule has 6 heteroatoms. The number of aldehydes is 2. The molecule has 0 spiro atoms. The smallest absolute Gasteiger partial charge is 0.169 e. The first-order valence-corrected chi connectivity index (χ1v) is 4.27. The van der Waals surface area contributed by atoms with Crippen LogP contribution in [0.2, 0.25) is 0 Å². The molecule has 0 saturated heterocycles. The Morgan fingerprint density at radius 1 is 1.07 bits per heavy atom. The summed E-state index contributed by atoms with van der Waals surface area (Å²) in [4.78, 5) is 42.9. The standard InChI is InChI=1S/C9H12O6/c10-2-6(1-7(14)3-11)8(4-12)9(15)5-13/h2,4,6,8,11,13H,1,3,5H2. The van der Waals surface area contributed by atoms with E-state index in [1.807, 2.05) is 0 Å². The molecule has 2 unspecified atom stereocenters. The highest BCUT2D eigenvalue weighted by Gasteiger charge is 2.28. The molecule has 0 rings (SSSR count). The van der Waals surface area contributed by atoms with E-state index in [2.05, 4.69) is 0 Å². The number of ketones is 2. The van der Waals surface area contributed by atoms with E-state index >= 15 is 0 Å². The van der Waals surface area contributed by atoms with Crippen LogP contribution < -0.4 is 0 Å². The number of hydrogen-bond acceptors (Lipinski definition) is 6. The van der Waals surface area contributed by atoms with Gasteiger partial charge in [0.25, 0.3) is 0 Å². The van der Waals surface area contributed by atoms with Crippen LogP contribution in [0.4, 0.5) is 0 Å². The molecule has 0 aliphatic carbocycles. The summed E-state index contributed by atoms with van der Waals surface area (Å²) in [6.07, 6.45) is 0.150. The third kappa shape index (κ3) is 4.09. The fourth-order valence-electron chi connectivity index (χ4n) is 1.11. The molecule has 84 valence electrons. The molecule has 0 aliphatic heterocycles. The minimum Gasteiger partial charge on any atom is -0.389 e. The number of carbonyl (C=O) groups is 4. The largest absolute Gasteiger partial charge is 0.389 e. The Hall–Kier alpha value is -1.40. The van der Waals surface area contributed by atoms with E-state index in [1.54, 1.807) is 0 Å². The summed E-state index contributed by atoms with van der Waals surface area (Å²) >= 11 is 0. The molecule has 15 heavy (non-hydrogen) atoms. The van der Waals surface area contributed by atoms with Crippen molar-refractivity contribution in [2.45, 2.75) is 6.42 Å². The van der Waals surface area contributed by atoms with Crippen LogP contribution in [-0.2, 0) is 19.2 Å². The number of rotatable bonds is 8. The first kappa shape index (κ1) is 13.6. The molecule has 6 nitrogen and oxygen atoms in total. The molecule has 0 saturated carbocycles. The van der Waals surface area contributed by atoms with E-state index in [-0.39, 0.29) is 12.7 Å². The van der Waals surface area contributed by atoms with Crippen LogP contribution in [0.1, 0.15) is 6.42 Å². The van der Waals surface area contributed by atoms with Crippen LogP contribution in [0.25, 0.3) is 0 Å². The summed E-state index contributed by atoms with van der Waals surface area (Å²) in [6, 6.07) is 0. The van der Waals surface area contributed by atoms with Crippen molar-refractivity contribution in [2.24, 2.45) is 11.8 Å². The second-order valence-electron chi connectivity index (χ2n) is 2.99. The second kappa shape index (κ2) is 6.97. The highest BCUT2D eigenvalue weighted by Crippen LogP contribution is 2.13. The summed E-state index contributed by atoms with van der Waals surface area (Å²) in [5.41, 5.74) is 0. The molecule has 0 aliphatic rings. The lowest BCUT2D eigenvalue weighted by molar-refractivity contribution is -0.136. The van der Waals surface area contributed by atoms with Gasteiger partial charge in [0, 0.05) is 12.3 Å². The normalized spacial score (nSPS) is 14.0. The van der Waals surface area contributed by atoms with Gasteiger partial charge >= 0.3 is 0 Å². The van der Waals surface area contributed by atoms with Gasteiger partial charge in [-0.3, -0.25) is 9.59 Å². The van der Waals surface area contributed by atoms with E-state index in [9.17, 15) is 19.2 Å². The molecule has 0 bridgehead atoms. The van der Waals surface area contributed by atoms with Gasteiger partial charge < -0.3 is 19.8 Å². The summed E-state index contributed by atoms with van der Waals surface area (Å²) in [5, 5.41) is 17.0. The average molecular weight is 216 g/mol. The van der Waals surface area contributed by atoms with E-state index in [0.29, 0.717) is 6.29 Å². The van der Waals surface area contributed by atoms with Gasteiger partial charge in [0.15, 0.2) is 11.6 Å². The number of Topliss-reactive ketones (excluding diaryl/α,β-unsaturated/α-hetero) is 2. The van der Waals surface area contributed by atoms with Gasteiger partial charge in [0.1, 0.15) is 25.8 Å². The SMILES string of the molecule is O=CC(CC(=O)CO)C(C=O)C(=O)CO. The van der Waals surface area contributed by atoms with Crippen molar-refractivity contribution in [3.8, 4) is 0 Å². The zero-order valence-electron chi connectivity index (χ0n) is 7.96. The minimum absolute atomic E-state index is 0.224. The molecule has 2 atom stereocenters. The summed E-state index contributed by atoms with van der Waals surface area (Å²) in [7, 11) is 0. The topological polar surface area (TPSA) is 109 Å². The maximum atomic E-state index is 11.0. The molecular weight excluding hydrogens is 204 g/mol. The maximum Gasteiger partial charge on any atom is 0.169 e. The van der Waals surface area contributed by atoms with Crippen molar-refractivity contribution in [2.75, 3.05) is 13.2 Å². The van der Waals surface area contributed by atoms with Crippen molar-refractivity contribution in [1.82, 2.24) is 0 Å². The van der Waals surface area contributed by atoms with Crippen LogP contribution in [-0.4, -0.2) is 47.6 Å². The van der Waals surface area contributed by atoms with Crippen LogP contribution >= 0.6 is 0 Å².